The summed E-state index contributed by atoms with van der Waals surface area (Å²) in [6.07, 6.45) is 0.135. The first-order valence-corrected chi connectivity index (χ1v) is 8.19. The van der Waals surface area contributed by atoms with Crippen LogP contribution < -0.4 is 15.8 Å². The van der Waals surface area contributed by atoms with E-state index in [1.807, 2.05) is 0 Å². The van der Waals surface area contributed by atoms with Gasteiger partial charge in [-0.15, -0.1) is 0 Å². The molecule has 3 rings (SSSR count). The molecular weight excluding hydrogens is 318 g/mol. The van der Waals surface area contributed by atoms with E-state index in [2.05, 4.69) is 10.0 Å². The van der Waals surface area contributed by atoms with Gasteiger partial charge in [0.15, 0.2) is 0 Å². The van der Waals surface area contributed by atoms with Gasteiger partial charge in [-0.25, -0.2) is 8.42 Å². The van der Waals surface area contributed by atoms with E-state index < -0.39 is 15.9 Å². The highest BCUT2D eigenvalue weighted by molar-refractivity contribution is 7.92. The number of nitrogens with one attached hydrogen (secondary N) is 2. The van der Waals surface area contributed by atoms with Crippen molar-refractivity contribution in [3.63, 3.8) is 0 Å². The maximum absolute atomic E-state index is 12.5. The van der Waals surface area contributed by atoms with Crippen molar-refractivity contribution < 1.29 is 18.0 Å². The Balaban J connectivity index is 1.96. The number of rotatable bonds is 4. The molecule has 1 aliphatic heterocycles. The summed E-state index contributed by atoms with van der Waals surface area (Å²) in [5.74, 6) is -0.909. The highest BCUT2D eigenvalue weighted by Crippen LogP contribution is 2.27. The molecule has 1 heterocycles. The Bertz CT molecular complexity index is 922. The zero-order valence-electron chi connectivity index (χ0n) is 11.9. The van der Waals surface area contributed by atoms with Crippen LogP contribution in [-0.2, 0) is 21.2 Å². The Morgan fingerprint density at radius 2 is 1.91 bits per heavy atom. The molecule has 0 unspecified atom stereocenters. The fourth-order valence-electron chi connectivity index (χ4n) is 2.36. The number of primary amides is 1. The standard InChI is InChI=1S/C15H13N3O4S/c16-15(20)11-3-1-2-4-13(11)18-23(21,22)10-5-6-12-9(7-10)8-14(19)17-12/h1-7,18H,8H2,(H2,16,20)(H,17,19). The fourth-order valence-corrected chi connectivity index (χ4v) is 3.49. The lowest BCUT2D eigenvalue weighted by atomic mass is 10.2. The first kappa shape index (κ1) is 15.0. The molecule has 0 spiro atoms. The third-order valence-corrected chi connectivity index (χ3v) is 4.81. The smallest absolute Gasteiger partial charge is 0.261 e. The van der Waals surface area contributed by atoms with E-state index in [0.29, 0.717) is 11.3 Å². The number of nitrogens with two attached hydrogens (primary N) is 1. The molecule has 0 radical (unpaired) electrons. The van der Waals surface area contributed by atoms with Gasteiger partial charge in [0.1, 0.15) is 0 Å². The first-order valence-electron chi connectivity index (χ1n) is 6.71. The summed E-state index contributed by atoms with van der Waals surface area (Å²) in [5, 5.41) is 2.63. The number of amides is 2. The van der Waals surface area contributed by atoms with Crippen LogP contribution >= 0.6 is 0 Å². The molecule has 0 aromatic heterocycles. The summed E-state index contributed by atoms with van der Waals surface area (Å²) in [6, 6.07) is 10.4. The highest BCUT2D eigenvalue weighted by atomic mass is 32.2. The topological polar surface area (TPSA) is 118 Å². The summed E-state index contributed by atoms with van der Waals surface area (Å²) in [5.41, 5.74) is 6.64. The summed E-state index contributed by atoms with van der Waals surface area (Å²) >= 11 is 0. The van der Waals surface area contributed by atoms with Gasteiger partial charge < -0.3 is 11.1 Å². The number of carbonyl (C=O) groups is 2. The summed E-state index contributed by atoms with van der Waals surface area (Å²) in [7, 11) is -3.91. The number of benzene rings is 2. The van der Waals surface area contributed by atoms with Crippen molar-refractivity contribution in [1.29, 1.82) is 0 Å². The molecule has 2 aromatic carbocycles. The minimum absolute atomic E-state index is 0.00650. The van der Waals surface area contributed by atoms with Crippen molar-refractivity contribution in [3.8, 4) is 0 Å². The lowest BCUT2D eigenvalue weighted by molar-refractivity contribution is -0.115. The van der Waals surface area contributed by atoms with Crippen LogP contribution in [0.2, 0.25) is 0 Å². The molecule has 0 atom stereocenters. The van der Waals surface area contributed by atoms with Crippen molar-refractivity contribution in [2.75, 3.05) is 10.0 Å². The largest absolute Gasteiger partial charge is 0.366 e. The molecule has 7 nitrogen and oxygen atoms in total. The van der Waals surface area contributed by atoms with E-state index in [4.69, 9.17) is 5.73 Å². The maximum atomic E-state index is 12.5. The molecule has 4 N–H and O–H groups in total. The number of para-hydroxylation sites is 1. The number of sulfonamides is 1. The second-order valence-corrected chi connectivity index (χ2v) is 6.74. The average molecular weight is 331 g/mol. The Morgan fingerprint density at radius 1 is 1.17 bits per heavy atom. The monoisotopic (exact) mass is 331 g/mol. The Morgan fingerprint density at radius 3 is 2.65 bits per heavy atom. The predicted octanol–water partition coefficient (Wildman–Crippen LogP) is 1.08. The normalized spacial score (nSPS) is 13.3. The van der Waals surface area contributed by atoms with Crippen LogP contribution in [0.3, 0.4) is 0 Å². The Kier molecular flexibility index (Phi) is 3.53. The molecule has 0 aliphatic carbocycles. The van der Waals surface area contributed by atoms with Gasteiger partial charge in [0, 0.05) is 5.69 Å². The van der Waals surface area contributed by atoms with Crippen LogP contribution in [-0.4, -0.2) is 20.2 Å². The van der Waals surface area contributed by atoms with Gasteiger partial charge in [-0.3, -0.25) is 14.3 Å². The third kappa shape index (κ3) is 2.88. The van der Waals surface area contributed by atoms with E-state index in [1.54, 1.807) is 12.1 Å². The van der Waals surface area contributed by atoms with Gasteiger partial charge >= 0.3 is 0 Å². The van der Waals surface area contributed by atoms with Crippen molar-refractivity contribution in [1.82, 2.24) is 0 Å². The van der Waals surface area contributed by atoms with Gasteiger partial charge in [-0.05, 0) is 35.9 Å². The minimum Gasteiger partial charge on any atom is -0.366 e. The Labute approximate surface area is 132 Å². The van der Waals surface area contributed by atoms with Gasteiger partial charge in [-0.2, -0.15) is 0 Å². The fraction of sp³-hybridized carbons (Fsp3) is 0.0667. The lowest BCUT2D eigenvalue weighted by Crippen LogP contribution is -2.18. The summed E-state index contributed by atoms with van der Waals surface area (Å²) in [4.78, 5) is 22.7. The van der Waals surface area contributed by atoms with Crippen molar-refractivity contribution in [3.05, 3.63) is 53.6 Å². The molecular formula is C15H13N3O4S. The van der Waals surface area contributed by atoms with E-state index in [1.165, 1.54) is 30.3 Å². The van der Waals surface area contributed by atoms with Crippen LogP contribution in [0.5, 0.6) is 0 Å². The van der Waals surface area contributed by atoms with Crippen molar-refractivity contribution in [2.45, 2.75) is 11.3 Å². The van der Waals surface area contributed by atoms with Gasteiger partial charge in [0.05, 0.1) is 22.6 Å². The first-order chi connectivity index (χ1) is 10.9. The Hall–Kier alpha value is -2.87. The van der Waals surface area contributed by atoms with Crippen LogP contribution in [0.4, 0.5) is 11.4 Å². The molecule has 1 aliphatic rings. The van der Waals surface area contributed by atoms with Crippen molar-refractivity contribution >= 4 is 33.2 Å². The van der Waals surface area contributed by atoms with Crippen molar-refractivity contribution in [2.24, 2.45) is 5.73 Å². The average Bonchev–Trinajstić information content (AvgIpc) is 2.86. The molecule has 0 fully saturated rings. The number of carbonyl (C=O) groups excluding carboxylic acids is 2. The molecule has 0 bridgehead atoms. The van der Waals surface area contributed by atoms with E-state index >= 15 is 0 Å². The molecule has 0 saturated carbocycles. The number of hydrogen-bond donors (Lipinski definition) is 3. The third-order valence-electron chi connectivity index (χ3n) is 3.45. The van der Waals surface area contributed by atoms with Crippen LogP contribution in [0.25, 0.3) is 0 Å². The molecule has 118 valence electrons. The maximum Gasteiger partial charge on any atom is 0.261 e. The van der Waals surface area contributed by atoms with Gasteiger partial charge in [0.25, 0.3) is 15.9 Å². The van der Waals surface area contributed by atoms with Crippen LogP contribution in [0.1, 0.15) is 15.9 Å². The molecule has 2 amide bonds. The zero-order chi connectivity index (χ0) is 16.6. The second kappa shape index (κ2) is 5.40. The second-order valence-electron chi connectivity index (χ2n) is 5.06. The van der Waals surface area contributed by atoms with E-state index in [-0.39, 0.29) is 28.5 Å². The summed E-state index contributed by atoms with van der Waals surface area (Å²) < 4.78 is 27.3. The molecule has 23 heavy (non-hydrogen) atoms. The quantitative estimate of drug-likeness (QED) is 0.776. The van der Waals surface area contributed by atoms with Gasteiger partial charge in [0.2, 0.25) is 5.91 Å². The molecule has 8 heteroatoms. The number of anilines is 2. The van der Waals surface area contributed by atoms with Crippen LogP contribution in [0, 0.1) is 0 Å². The highest BCUT2D eigenvalue weighted by Gasteiger charge is 2.22. The molecule has 0 saturated heterocycles. The minimum atomic E-state index is -3.91. The van der Waals surface area contributed by atoms with E-state index in [9.17, 15) is 18.0 Å². The SMILES string of the molecule is NC(=O)c1ccccc1NS(=O)(=O)c1ccc2c(c1)CC(=O)N2. The molecule has 2 aromatic rings. The zero-order valence-corrected chi connectivity index (χ0v) is 12.7. The lowest BCUT2D eigenvalue weighted by Gasteiger charge is -2.11. The van der Waals surface area contributed by atoms with Crippen LogP contribution in [0.15, 0.2) is 47.4 Å². The van der Waals surface area contributed by atoms with E-state index in [0.717, 1.165) is 0 Å². The number of hydrogen-bond acceptors (Lipinski definition) is 4. The number of fused-ring (bicyclic) bond motifs is 1. The predicted molar refractivity (Wildman–Crippen MR) is 84.5 cm³/mol. The summed E-state index contributed by atoms with van der Waals surface area (Å²) in [6.45, 7) is 0. The van der Waals surface area contributed by atoms with Gasteiger partial charge in [-0.1, -0.05) is 12.1 Å².